The van der Waals surface area contributed by atoms with Gasteiger partial charge < -0.3 is 29.9 Å². The van der Waals surface area contributed by atoms with E-state index in [9.17, 15) is 25.4 Å². The summed E-state index contributed by atoms with van der Waals surface area (Å²) in [6.45, 7) is -0.652. The maximum atomic E-state index is 11.1. The lowest BCUT2D eigenvalue weighted by molar-refractivity contribution is -0.478. The normalized spacial score (nSPS) is 31.7. The van der Waals surface area contributed by atoms with Crippen molar-refractivity contribution in [2.45, 2.75) is 30.7 Å². The lowest BCUT2D eigenvalue weighted by Crippen LogP contribution is -2.59. The molecule has 0 spiro atoms. The van der Waals surface area contributed by atoms with Crippen LogP contribution >= 0.6 is 0 Å². The SMILES string of the molecule is O=[N+]([O-])C(=Cc1ccccc1)O[C@@H]1O[C@H](CO)[C@H](O)[C@H](O)[C@H]1O. The van der Waals surface area contributed by atoms with E-state index in [2.05, 4.69) is 0 Å². The van der Waals surface area contributed by atoms with Gasteiger partial charge in [0, 0.05) is 0 Å². The average molecular weight is 327 g/mol. The molecule has 23 heavy (non-hydrogen) atoms. The van der Waals surface area contributed by atoms with E-state index in [1.807, 2.05) is 0 Å². The number of nitro groups is 1. The molecule has 5 atom stereocenters. The molecular weight excluding hydrogens is 310 g/mol. The Morgan fingerprint density at radius 1 is 1.22 bits per heavy atom. The third kappa shape index (κ3) is 4.03. The van der Waals surface area contributed by atoms with E-state index < -0.39 is 48.1 Å². The van der Waals surface area contributed by atoms with E-state index in [1.54, 1.807) is 30.3 Å². The summed E-state index contributed by atoms with van der Waals surface area (Å²) in [4.78, 5) is 10.3. The maximum Gasteiger partial charge on any atom is 0.431 e. The second-order valence-electron chi connectivity index (χ2n) is 4.97. The Hall–Kier alpha value is -2.04. The molecule has 126 valence electrons. The lowest BCUT2D eigenvalue weighted by Gasteiger charge is -2.38. The smallest absolute Gasteiger partial charge is 0.408 e. The van der Waals surface area contributed by atoms with Gasteiger partial charge in [-0.25, -0.2) is 0 Å². The second-order valence-corrected chi connectivity index (χ2v) is 4.97. The average Bonchev–Trinajstić information content (AvgIpc) is 2.55. The van der Waals surface area contributed by atoms with E-state index in [0.29, 0.717) is 5.56 Å². The molecule has 9 nitrogen and oxygen atoms in total. The van der Waals surface area contributed by atoms with Crippen LogP contribution in [0.4, 0.5) is 0 Å². The van der Waals surface area contributed by atoms with Gasteiger partial charge in [0.15, 0.2) is 0 Å². The van der Waals surface area contributed by atoms with Crippen molar-refractivity contribution < 1.29 is 34.8 Å². The Kier molecular flexibility index (Phi) is 5.64. The number of aliphatic hydroxyl groups is 4. The van der Waals surface area contributed by atoms with Crippen molar-refractivity contribution in [3.8, 4) is 0 Å². The first-order chi connectivity index (χ1) is 10.9. The van der Waals surface area contributed by atoms with Crippen molar-refractivity contribution in [1.29, 1.82) is 0 Å². The third-order valence-electron chi connectivity index (χ3n) is 3.36. The molecule has 1 aromatic carbocycles. The van der Waals surface area contributed by atoms with Gasteiger partial charge in [0.05, 0.1) is 12.7 Å². The topological polar surface area (TPSA) is 143 Å². The van der Waals surface area contributed by atoms with Crippen LogP contribution in [0.3, 0.4) is 0 Å². The first-order valence-electron chi connectivity index (χ1n) is 6.82. The van der Waals surface area contributed by atoms with E-state index in [4.69, 9.17) is 14.6 Å². The summed E-state index contributed by atoms with van der Waals surface area (Å²) in [6, 6.07) is 8.32. The van der Waals surface area contributed by atoms with Crippen molar-refractivity contribution >= 4 is 6.08 Å². The molecule has 4 N–H and O–H groups in total. The summed E-state index contributed by atoms with van der Waals surface area (Å²) >= 11 is 0. The number of aliphatic hydroxyl groups excluding tert-OH is 4. The monoisotopic (exact) mass is 327 g/mol. The summed E-state index contributed by atoms with van der Waals surface area (Å²) in [5.41, 5.74) is 0.490. The predicted molar refractivity (Wildman–Crippen MR) is 76.3 cm³/mol. The molecule has 0 amide bonds. The fraction of sp³-hybridized carbons (Fsp3) is 0.429. The zero-order chi connectivity index (χ0) is 17.0. The fourth-order valence-corrected chi connectivity index (χ4v) is 2.11. The van der Waals surface area contributed by atoms with Crippen LogP contribution in [0.1, 0.15) is 5.56 Å². The largest absolute Gasteiger partial charge is 0.431 e. The van der Waals surface area contributed by atoms with Crippen LogP contribution in [0.25, 0.3) is 6.08 Å². The van der Waals surface area contributed by atoms with Gasteiger partial charge in [-0.2, -0.15) is 0 Å². The second kappa shape index (κ2) is 7.49. The van der Waals surface area contributed by atoms with Gasteiger partial charge in [-0.3, -0.25) is 10.1 Å². The Morgan fingerprint density at radius 3 is 2.43 bits per heavy atom. The van der Waals surface area contributed by atoms with Gasteiger partial charge in [-0.1, -0.05) is 30.3 Å². The first-order valence-corrected chi connectivity index (χ1v) is 6.82. The quantitative estimate of drug-likeness (QED) is 0.309. The van der Waals surface area contributed by atoms with Crippen molar-refractivity contribution in [2.75, 3.05) is 6.61 Å². The summed E-state index contributed by atoms with van der Waals surface area (Å²) in [5, 5.41) is 49.3. The number of ether oxygens (including phenoxy) is 2. The highest BCUT2D eigenvalue weighted by Crippen LogP contribution is 2.24. The number of nitrogens with zero attached hydrogens (tertiary/aromatic N) is 1. The molecule has 1 aliphatic rings. The minimum atomic E-state index is -1.72. The van der Waals surface area contributed by atoms with E-state index >= 15 is 0 Å². The van der Waals surface area contributed by atoms with E-state index in [1.165, 1.54) is 0 Å². The maximum absolute atomic E-state index is 11.1. The van der Waals surface area contributed by atoms with Gasteiger partial charge in [-0.15, -0.1) is 0 Å². The molecule has 9 heteroatoms. The third-order valence-corrected chi connectivity index (χ3v) is 3.36. The van der Waals surface area contributed by atoms with Crippen LogP contribution in [0.2, 0.25) is 0 Å². The zero-order valence-electron chi connectivity index (χ0n) is 11.9. The Morgan fingerprint density at radius 2 is 1.87 bits per heavy atom. The van der Waals surface area contributed by atoms with Gasteiger partial charge in [0.2, 0.25) is 6.29 Å². The standard InChI is InChI=1S/C14H17NO8/c16-7-9-11(17)12(18)13(19)14(22-9)23-10(15(20)21)6-8-4-2-1-3-5-8/h1-6,9,11-14,16-19H,7H2/t9-,11+,12+,13-,14+/m1/s1. The predicted octanol–water partition coefficient (Wildman–Crippen LogP) is -0.922. The summed E-state index contributed by atoms with van der Waals surface area (Å²) in [6.07, 6.45) is -6.63. The fourth-order valence-electron chi connectivity index (χ4n) is 2.11. The molecule has 0 saturated carbocycles. The first kappa shape index (κ1) is 17.3. The molecule has 0 aromatic heterocycles. The van der Waals surface area contributed by atoms with Crippen molar-refractivity contribution in [2.24, 2.45) is 0 Å². The number of rotatable bonds is 5. The van der Waals surface area contributed by atoms with Crippen LogP contribution in [0, 0.1) is 10.1 Å². The summed E-state index contributed by atoms with van der Waals surface area (Å²) in [5.74, 6) is -0.708. The number of hydrogen-bond acceptors (Lipinski definition) is 8. The van der Waals surface area contributed by atoms with Gasteiger partial charge >= 0.3 is 5.88 Å². The molecular formula is C14H17NO8. The lowest BCUT2D eigenvalue weighted by atomic mass is 9.99. The van der Waals surface area contributed by atoms with Gasteiger partial charge in [0.25, 0.3) is 0 Å². The summed E-state index contributed by atoms with van der Waals surface area (Å²) < 4.78 is 10.1. The molecule has 1 aliphatic heterocycles. The molecule has 2 rings (SSSR count). The highest BCUT2D eigenvalue weighted by molar-refractivity contribution is 5.49. The highest BCUT2D eigenvalue weighted by Gasteiger charge is 2.45. The number of benzene rings is 1. The van der Waals surface area contributed by atoms with Crippen LogP contribution in [0.15, 0.2) is 36.2 Å². The molecule has 1 fully saturated rings. The van der Waals surface area contributed by atoms with Crippen LogP contribution < -0.4 is 0 Å². The minimum Gasteiger partial charge on any atom is -0.408 e. The molecule has 0 bridgehead atoms. The molecule has 1 aromatic rings. The van der Waals surface area contributed by atoms with Crippen LogP contribution in [0.5, 0.6) is 0 Å². The minimum absolute atomic E-state index is 0.490. The Balaban J connectivity index is 2.19. The van der Waals surface area contributed by atoms with E-state index in [0.717, 1.165) is 6.08 Å². The molecule has 0 unspecified atom stereocenters. The Bertz CT molecular complexity index is 561. The van der Waals surface area contributed by atoms with Crippen LogP contribution in [-0.2, 0) is 9.47 Å². The van der Waals surface area contributed by atoms with Crippen molar-refractivity contribution in [1.82, 2.24) is 0 Å². The van der Waals surface area contributed by atoms with Crippen molar-refractivity contribution in [3.05, 3.63) is 51.9 Å². The molecule has 1 saturated heterocycles. The zero-order valence-corrected chi connectivity index (χ0v) is 11.9. The van der Waals surface area contributed by atoms with Crippen molar-refractivity contribution in [3.63, 3.8) is 0 Å². The molecule has 0 aliphatic carbocycles. The van der Waals surface area contributed by atoms with Gasteiger partial charge in [0.1, 0.15) is 29.3 Å². The summed E-state index contributed by atoms with van der Waals surface area (Å²) in [7, 11) is 0. The highest BCUT2D eigenvalue weighted by atomic mass is 16.7. The van der Waals surface area contributed by atoms with Crippen LogP contribution in [-0.4, -0.2) is 62.7 Å². The number of hydrogen-bond donors (Lipinski definition) is 4. The molecule has 1 heterocycles. The molecule has 0 radical (unpaired) electrons. The van der Waals surface area contributed by atoms with E-state index in [-0.39, 0.29) is 0 Å². The Labute approximate surface area is 131 Å². The van der Waals surface area contributed by atoms with Gasteiger partial charge in [-0.05, 0) is 5.56 Å².